The third-order valence-electron chi connectivity index (χ3n) is 3.86. The van der Waals surface area contributed by atoms with Gasteiger partial charge in [0.25, 0.3) is 5.91 Å². The molecule has 0 spiro atoms. The lowest BCUT2D eigenvalue weighted by Crippen LogP contribution is -2.20. The Bertz CT molecular complexity index is 829. The van der Waals surface area contributed by atoms with Gasteiger partial charge < -0.3 is 14.6 Å². The first-order valence-electron chi connectivity index (χ1n) is 8.03. The fourth-order valence-corrected chi connectivity index (χ4v) is 2.52. The van der Waals surface area contributed by atoms with Crippen LogP contribution >= 0.6 is 11.6 Å². The summed E-state index contributed by atoms with van der Waals surface area (Å²) in [7, 11) is 0. The molecule has 0 aliphatic heterocycles. The third kappa shape index (κ3) is 4.43. The van der Waals surface area contributed by atoms with Gasteiger partial charge in [-0.3, -0.25) is 4.79 Å². The van der Waals surface area contributed by atoms with Gasteiger partial charge in [-0.15, -0.1) is 0 Å². The van der Waals surface area contributed by atoms with Crippen LogP contribution in [0, 0.1) is 18.3 Å². The second-order valence-electron chi connectivity index (χ2n) is 5.38. The maximum atomic E-state index is 12.4. The number of hydrogen-bond donors (Lipinski definition) is 1. The number of amides is 1. The van der Waals surface area contributed by atoms with E-state index < -0.39 is 5.91 Å². The summed E-state index contributed by atoms with van der Waals surface area (Å²) in [5, 5.41) is 12.6. The van der Waals surface area contributed by atoms with Gasteiger partial charge in [-0.05, 0) is 44.5 Å². The van der Waals surface area contributed by atoms with E-state index in [2.05, 4.69) is 5.32 Å². The Kier molecular flexibility index (Phi) is 6.26. The molecular weight excluding hydrogens is 338 g/mol. The molecule has 0 aliphatic rings. The van der Waals surface area contributed by atoms with Crippen molar-refractivity contribution in [2.75, 3.05) is 23.3 Å². The molecule has 1 aromatic heterocycles. The van der Waals surface area contributed by atoms with Gasteiger partial charge in [0.05, 0.1) is 0 Å². The number of nitrogens with one attached hydrogen (secondary N) is 1. The highest BCUT2D eigenvalue weighted by atomic mass is 35.5. The van der Waals surface area contributed by atoms with Gasteiger partial charge in [-0.25, -0.2) is 0 Å². The number of anilines is 2. The number of hydrogen-bond acceptors (Lipinski definition) is 4. The van der Waals surface area contributed by atoms with Gasteiger partial charge in [-0.1, -0.05) is 17.7 Å². The molecule has 2 aromatic rings. The lowest BCUT2D eigenvalue weighted by molar-refractivity contribution is -0.112. The normalized spacial score (nSPS) is 11.1. The molecule has 0 bridgehead atoms. The molecule has 1 heterocycles. The standard InChI is InChI=1S/C19H20ClN3O2/c1-4-23(5-2)18-10-9-15(25-18)11-14(12-21)19(24)22-17-8-6-7-16(20)13(17)3/h6-11H,4-5H2,1-3H3,(H,22,24). The van der Waals surface area contributed by atoms with Crippen LogP contribution in [0.4, 0.5) is 11.6 Å². The molecule has 5 nitrogen and oxygen atoms in total. The van der Waals surface area contributed by atoms with Crippen molar-refractivity contribution in [2.45, 2.75) is 20.8 Å². The fraction of sp³-hybridized carbons (Fsp3) is 0.263. The van der Waals surface area contributed by atoms with Gasteiger partial charge >= 0.3 is 0 Å². The minimum Gasteiger partial charge on any atom is -0.441 e. The minimum atomic E-state index is -0.506. The SMILES string of the molecule is CCN(CC)c1ccc(C=C(C#N)C(=O)Nc2cccc(Cl)c2C)o1. The van der Waals surface area contributed by atoms with Crippen molar-refractivity contribution in [3.05, 3.63) is 52.3 Å². The van der Waals surface area contributed by atoms with Crippen molar-refractivity contribution in [1.82, 2.24) is 0 Å². The Morgan fingerprint density at radius 1 is 1.32 bits per heavy atom. The molecule has 0 atom stereocenters. The van der Waals surface area contributed by atoms with Crippen molar-refractivity contribution in [2.24, 2.45) is 0 Å². The Labute approximate surface area is 152 Å². The summed E-state index contributed by atoms with van der Waals surface area (Å²) in [6, 6.07) is 10.7. The van der Waals surface area contributed by atoms with E-state index >= 15 is 0 Å². The van der Waals surface area contributed by atoms with Crippen LogP contribution in [-0.2, 0) is 4.79 Å². The average Bonchev–Trinajstić information content (AvgIpc) is 3.06. The molecule has 1 N–H and O–H groups in total. The zero-order chi connectivity index (χ0) is 18.4. The largest absolute Gasteiger partial charge is 0.441 e. The first kappa shape index (κ1) is 18.6. The lowest BCUT2D eigenvalue weighted by atomic mass is 10.1. The monoisotopic (exact) mass is 357 g/mol. The number of rotatable bonds is 6. The summed E-state index contributed by atoms with van der Waals surface area (Å²) in [5.41, 5.74) is 1.28. The van der Waals surface area contributed by atoms with E-state index in [9.17, 15) is 10.1 Å². The Balaban J connectivity index is 2.21. The van der Waals surface area contributed by atoms with Crippen LogP contribution in [0.3, 0.4) is 0 Å². The average molecular weight is 358 g/mol. The van der Waals surface area contributed by atoms with Crippen LogP contribution in [0.2, 0.25) is 5.02 Å². The molecule has 2 rings (SSSR count). The lowest BCUT2D eigenvalue weighted by Gasteiger charge is -2.16. The Morgan fingerprint density at radius 3 is 2.68 bits per heavy atom. The number of carbonyl (C=O) groups is 1. The number of carbonyl (C=O) groups excluding carboxylic acids is 1. The number of nitriles is 1. The van der Waals surface area contributed by atoms with Crippen molar-refractivity contribution in [1.29, 1.82) is 5.26 Å². The van der Waals surface area contributed by atoms with Gasteiger partial charge in [-0.2, -0.15) is 5.26 Å². The summed E-state index contributed by atoms with van der Waals surface area (Å²) in [4.78, 5) is 14.4. The molecule has 25 heavy (non-hydrogen) atoms. The molecular formula is C19H20ClN3O2. The summed E-state index contributed by atoms with van der Waals surface area (Å²) in [6.45, 7) is 7.49. The first-order chi connectivity index (χ1) is 12.0. The molecule has 1 aromatic carbocycles. The van der Waals surface area contributed by atoms with Crippen molar-refractivity contribution >= 4 is 35.2 Å². The van der Waals surface area contributed by atoms with Gasteiger partial charge in [0.15, 0.2) is 5.88 Å². The second-order valence-corrected chi connectivity index (χ2v) is 5.79. The maximum absolute atomic E-state index is 12.4. The molecule has 0 fully saturated rings. The number of furan rings is 1. The zero-order valence-electron chi connectivity index (χ0n) is 14.5. The summed E-state index contributed by atoms with van der Waals surface area (Å²) in [5.74, 6) is 0.657. The van der Waals surface area contributed by atoms with Crippen LogP contribution in [0.15, 0.2) is 40.3 Å². The zero-order valence-corrected chi connectivity index (χ0v) is 15.2. The molecule has 6 heteroatoms. The van der Waals surface area contributed by atoms with Crippen LogP contribution in [0.1, 0.15) is 25.2 Å². The second kappa shape index (κ2) is 8.41. The van der Waals surface area contributed by atoms with Crippen molar-refractivity contribution < 1.29 is 9.21 Å². The molecule has 1 amide bonds. The number of benzene rings is 1. The predicted molar refractivity (Wildman–Crippen MR) is 101 cm³/mol. The summed E-state index contributed by atoms with van der Waals surface area (Å²) in [6.07, 6.45) is 1.43. The first-order valence-corrected chi connectivity index (χ1v) is 8.41. The summed E-state index contributed by atoms with van der Waals surface area (Å²) >= 11 is 6.05. The van der Waals surface area contributed by atoms with Crippen molar-refractivity contribution in [3.63, 3.8) is 0 Å². The molecule has 0 saturated heterocycles. The van der Waals surface area contributed by atoms with Gasteiger partial charge in [0.2, 0.25) is 0 Å². The molecule has 0 unspecified atom stereocenters. The van der Waals surface area contributed by atoms with Gasteiger partial charge in [0, 0.05) is 35.9 Å². The molecule has 0 aliphatic carbocycles. The molecule has 130 valence electrons. The van der Waals surface area contributed by atoms with E-state index in [-0.39, 0.29) is 5.57 Å². The quantitative estimate of drug-likeness (QED) is 0.604. The summed E-state index contributed by atoms with van der Waals surface area (Å²) < 4.78 is 5.70. The minimum absolute atomic E-state index is 0.0418. The van der Waals surface area contributed by atoms with Crippen LogP contribution in [-0.4, -0.2) is 19.0 Å². The van der Waals surface area contributed by atoms with E-state index in [0.29, 0.717) is 22.4 Å². The third-order valence-corrected chi connectivity index (χ3v) is 4.26. The van der Waals surface area contributed by atoms with E-state index in [0.717, 1.165) is 18.7 Å². The van der Waals surface area contributed by atoms with E-state index in [1.165, 1.54) is 6.08 Å². The number of nitrogens with zero attached hydrogens (tertiary/aromatic N) is 2. The van der Waals surface area contributed by atoms with Crippen LogP contribution < -0.4 is 10.2 Å². The predicted octanol–water partition coefficient (Wildman–Crippen LogP) is 4.63. The maximum Gasteiger partial charge on any atom is 0.266 e. The number of halogens is 1. The van der Waals surface area contributed by atoms with Gasteiger partial charge in [0.1, 0.15) is 17.4 Å². The van der Waals surface area contributed by atoms with Crippen LogP contribution in [0.5, 0.6) is 0 Å². The van der Waals surface area contributed by atoms with E-state index in [1.54, 1.807) is 31.2 Å². The van der Waals surface area contributed by atoms with E-state index in [4.69, 9.17) is 16.0 Å². The fourth-order valence-electron chi connectivity index (χ4n) is 2.35. The Morgan fingerprint density at radius 2 is 2.04 bits per heavy atom. The van der Waals surface area contributed by atoms with Crippen molar-refractivity contribution in [3.8, 4) is 6.07 Å². The topological polar surface area (TPSA) is 69.3 Å². The molecule has 0 saturated carbocycles. The van der Waals surface area contributed by atoms with E-state index in [1.807, 2.05) is 30.9 Å². The van der Waals surface area contributed by atoms with Crippen LogP contribution in [0.25, 0.3) is 6.08 Å². The highest BCUT2D eigenvalue weighted by Crippen LogP contribution is 2.24. The molecule has 0 radical (unpaired) electrons. The smallest absolute Gasteiger partial charge is 0.266 e. The highest BCUT2D eigenvalue weighted by molar-refractivity contribution is 6.31. The highest BCUT2D eigenvalue weighted by Gasteiger charge is 2.13. The Hall–Kier alpha value is -2.71.